The monoisotopic (exact) mass is 317 g/mol. The van der Waals surface area contributed by atoms with Crippen molar-refractivity contribution in [3.05, 3.63) is 29.2 Å². The van der Waals surface area contributed by atoms with E-state index in [2.05, 4.69) is 4.74 Å². The molecule has 0 fully saturated rings. The van der Waals surface area contributed by atoms with Crippen molar-refractivity contribution >= 4 is 32.0 Å². The van der Waals surface area contributed by atoms with Crippen LogP contribution in [0.4, 0.5) is 4.79 Å². The summed E-state index contributed by atoms with van der Waals surface area (Å²) in [6, 6.07) is 3.48. The van der Waals surface area contributed by atoms with Gasteiger partial charge < -0.3 is 4.74 Å². The van der Waals surface area contributed by atoms with Gasteiger partial charge in [0.15, 0.2) is 9.84 Å². The molecular formula is C11H11NO6S2. The minimum atomic E-state index is -4.09. The molecule has 0 bridgehead atoms. The van der Waals surface area contributed by atoms with Crippen LogP contribution in [0.2, 0.25) is 0 Å². The Morgan fingerprint density at radius 2 is 2.05 bits per heavy atom. The van der Waals surface area contributed by atoms with Gasteiger partial charge in [0.05, 0.1) is 16.4 Å². The second-order valence-corrected chi connectivity index (χ2v) is 7.36. The van der Waals surface area contributed by atoms with Crippen LogP contribution in [0.3, 0.4) is 0 Å². The molecule has 1 aliphatic heterocycles. The van der Waals surface area contributed by atoms with Gasteiger partial charge in [0.1, 0.15) is 0 Å². The van der Waals surface area contributed by atoms with Crippen molar-refractivity contribution in [2.24, 2.45) is 0 Å². The summed E-state index contributed by atoms with van der Waals surface area (Å²) in [6.45, 7) is 1.57. The number of amides is 1. The number of fused-ring (bicyclic) bond motifs is 1. The summed E-state index contributed by atoms with van der Waals surface area (Å²) < 4.78 is 53.1. The number of hydrogen-bond acceptors (Lipinski definition) is 6. The molecule has 0 radical (unpaired) electrons. The van der Waals surface area contributed by atoms with Gasteiger partial charge in [-0.15, -0.1) is 0 Å². The van der Waals surface area contributed by atoms with Crippen LogP contribution >= 0.6 is 0 Å². The van der Waals surface area contributed by atoms with E-state index in [1.54, 1.807) is 4.72 Å². The van der Waals surface area contributed by atoms with Crippen LogP contribution < -0.4 is 4.72 Å². The molecule has 0 saturated carbocycles. The number of rotatable bonds is 3. The van der Waals surface area contributed by atoms with Gasteiger partial charge in [-0.25, -0.2) is 26.4 Å². The normalized spacial score (nSPS) is 15.7. The quantitative estimate of drug-likeness (QED) is 0.887. The van der Waals surface area contributed by atoms with Gasteiger partial charge in [-0.05, 0) is 36.8 Å². The van der Waals surface area contributed by atoms with E-state index in [9.17, 15) is 21.6 Å². The highest BCUT2D eigenvalue weighted by Crippen LogP contribution is 2.28. The van der Waals surface area contributed by atoms with Gasteiger partial charge in [-0.3, -0.25) is 0 Å². The van der Waals surface area contributed by atoms with Gasteiger partial charge in [0.2, 0.25) is 0 Å². The zero-order valence-electron chi connectivity index (χ0n) is 10.4. The third-order valence-electron chi connectivity index (χ3n) is 2.52. The molecule has 1 N–H and O–H groups in total. The lowest BCUT2D eigenvalue weighted by Gasteiger charge is -2.08. The number of nitrogens with one attached hydrogen (secondary N) is 1. The molecule has 1 aromatic carbocycles. The van der Waals surface area contributed by atoms with E-state index < -0.39 is 26.0 Å². The predicted molar refractivity (Wildman–Crippen MR) is 70.0 cm³/mol. The number of carbonyl (C=O) groups excluding carboxylic acids is 1. The summed E-state index contributed by atoms with van der Waals surface area (Å²) in [5.41, 5.74) is 0.261. The van der Waals surface area contributed by atoms with Crippen LogP contribution in [0.15, 0.2) is 33.4 Å². The summed E-state index contributed by atoms with van der Waals surface area (Å²) in [6.07, 6.45) is 0.213. The highest BCUT2D eigenvalue weighted by atomic mass is 32.2. The van der Waals surface area contributed by atoms with E-state index in [-0.39, 0.29) is 22.0 Å². The van der Waals surface area contributed by atoms with Crippen LogP contribution in [0.5, 0.6) is 0 Å². The number of sulfonamides is 1. The number of sulfone groups is 1. The molecule has 1 aliphatic rings. The maximum Gasteiger partial charge on any atom is 0.421 e. The fourth-order valence-corrected chi connectivity index (χ4v) is 3.76. The largest absolute Gasteiger partial charge is 0.449 e. The van der Waals surface area contributed by atoms with Crippen molar-refractivity contribution in [3.8, 4) is 0 Å². The Labute approximate surface area is 116 Å². The first-order valence-electron chi connectivity index (χ1n) is 5.53. The Balaban J connectivity index is 2.36. The van der Waals surface area contributed by atoms with Gasteiger partial charge in [0, 0.05) is 5.41 Å². The van der Waals surface area contributed by atoms with E-state index in [4.69, 9.17) is 0 Å². The highest BCUT2D eigenvalue weighted by Gasteiger charge is 2.24. The fraction of sp³-hybridized carbons (Fsp3) is 0.182. The molecule has 0 saturated heterocycles. The van der Waals surface area contributed by atoms with E-state index in [0.29, 0.717) is 0 Å². The number of hydrogen-bond donors (Lipinski definition) is 1. The Morgan fingerprint density at radius 1 is 1.35 bits per heavy atom. The lowest BCUT2D eigenvalue weighted by Crippen LogP contribution is -2.31. The minimum Gasteiger partial charge on any atom is -0.449 e. The first-order chi connectivity index (χ1) is 9.26. The van der Waals surface area contributed by atoms with Crippen LogP contribution in [0.25, 0.3) is 6.08 Å². The highest BCUT2D eigenvalue weighted by molar-refractivity contribution is 7.94. The first-order valence-corrected chi connectivity index (χ1v) is 8.56. The smallest absolute Gasteiger partial charge is 0.421 e. The first kappa shape index (κ1) is 14.5. The van der Waals surface area contributed by atoms with E-state index >= 15 is 0 Å². The fourth-order valence-electron chi connectivity index (χ4n) is 1.65. The van der Waals surface area contributed by atoms with E-state index in [1.807, 2.05) is 0 Å². The maximum absolute atomic E-state index is 11.9. The third-order valence-corrected chi connectivity index (χ3v) is 5.31. The molecule has 108 valence electrons. The van der Waals surface area contributed by atoms with Crippen molar-refractivity contribution in [2.45, 2.75) is 16.7 Å². The number of benzene rings is 1. The molecule has 9 heteroatoms. The average molecular weight is 317 g/mol. The summed E-state index contributed by atoms with van der Waals surface area (Å²) in [7, 11) is -7.58. The summed E-state index contributed by atoms with van der Waals surface area (Å²) in [4.78, 5) is 11.0. The van der Waals surface area contributed by atoms with Crippen molar-refractivity contribution in [1.82, 2.24) is 4.72 Å². The molecule has 0 aliphatic carbocycles. The van der Waals surface area contributed by atoms with Crippen LogP contribution in [-0.4, -0.2) is 29.5 Å². The Kier molecular flexibility index (Phi) is 3.57. The zero-order chi connectivity index (χ0) is 15.0. The van der Waals surface area contributed by atoms with Crippen molar-refractivity contribution in [2.75, 3.05) is 6.61 Å². The molecule has 0 unspecified atom stereocenters. The molecule has 0 aromatic heterocycles. The standard InChI is InChI=1S/C11H11NO6S2/c1-2-18-11(13)12-20(16,17)9-3-4-10-8(7-9)5-6-19(10,14)15/h3-7H,2H2,1H3,(H,12,13). The Bertz CT molecular complexity index is 792. The molecule has 0 spiro atoms. The average Bonchev–Trinajstić information content (AvgIpc) is 2.65. The zero-order valence-corrected chi connectivity index (χ0v) is 12.0. The third kappa shape index (κ3) is 2.68. The summed E-state index contributed by atoms with van der Waals surface area (Å²) >= 11 is 0. The van der Waals surface area contributed by atoms with E-state index in [1.165, 1.54) is 25.1 Å². The molecule has 0 atom stereocenters. The Morgan fingerprint density at radius 3 is 2.70 bits per heavy atom. The number of carbonyl (C=O) groups is 1. The second kappa shape index (κ2) is 4.91. The van der Waals surface area contributed by atoms with Crippen molar-refractivity contribution < 1.29 is 26.4 Å². The lowest BCUT2D eigenvalue weighted by atomic mass is 10.2. The van der Waals surface area contributed by atoms with E-state index in [0.717, 1.165) is 11.5 Å². The summed E-state index contributed by atoms with van der Waals surface area (Å²) in [5, 5.41) is 0.993. The molecule has 1 heterocycles. The predicted octanol–water partition coefficient (Wildman–Crippen LogP) is 0.879. The van der Waals surface area contributed by atoms with Gasteiger partial charge in [0.25, 0.3) is 10.0 Å². The van der Waals surface area contributed by atoms with Crippen molar-refractivity contribution in [3.63, 3.8) is 0 Å². The van der Waals surface area contributed by atoms with Gasteiger partial charge in [-0.2, -0.15) is 0 Å². The summed E-state index contributed by atoms with van der Waals surface area (Å²) in [5.74, 6) is 0. The lowest BCUT2D eigenvalue weighted by molar-refractivity contribution is 0.158. The molecule has 20 heavy (non-hydrogen) atoms. The maximum atomic E-state index is 11.9. The molecular weight excluding hydrogens is 306 g/mol. The Hall–Kier alpha value is -1.87. The molecule has 7 nitrogen and oxygen atoms in total. The minimum absolute atomic E-state index is 0.0342. The van der Waals surface area contributed by atoms with Gasteiger partial charge >= 0.3 is 6.09 Å². The second-order valence-electron chi connectivity index (χ2n) is 3.87. The molecule has 2 rings (SSSR count). The molecule has 1 aromatic rings. The molecule has 1 amide bonds. The van der Waals surface area contributed by atoms with Crippen LogP contribution in [-0.2, 0) is 24.6 Å². The van der Waals surface area contributed by atoms with Crippen LogP contribution in [0.1, 0.15) is 12.5 Å². The topological polar surface area (TPSA) is 107 Å². The van der Waals surface area contributed by atoms with Crippen LogP contribution in [0, 0.1) is 0 Å². The van der Waals surface area contributed by atoms with Gasteiger partial charge in [-0.1, -0.05) is 0 Å². The van der Waals surface area contributed by atoms with Crippen molar-refractivity contribution in [1.29, 1.82) is 0 Å². The SMILES string of the molecule is CCOC(=O)NS(=O)(=O)c1ccc2c(c1)C=CS2(=O)=O. The number of ether oxygens (including phenoxy) is 1.